The van der Waals surface area contributed by atoms with E-state index in [2.05, 4.69) is 25.2 Å². The third kappa shape index (κ3) is 2.38. The van der Waals surface area contributed by atoms with Crippen LogP contribution in [0.1, 0.15) is 10.4 Å². The summed E-state index contributed by atoms with van der Waals surface area (Å²) < 4.78 is 0. The Morgan fingerprint density at radius 2 is 1.54 bits per heavy atom. The summed E-state index contributed by atoms with van der Waals surface area (Å²) in [4.78, 5) is 23.9. The topological polar surface area (TPSA) is 109 Å². The van der Waals surface area contributed by atoms with Gasteiger partial charge >= 0.3 is 0 Å². The molecule has 3 N–H and O–H groups in total. The zero-order valence-corrected chi connectivity index (χ0v) is 12.5. The second-order valence-electron chi connectivity index (χ2n) is 5.17. The van der Waals surface area contributed by atoms with Gasteiger partial charge in [0.25, 0.3) is 5.91 Å². The van der Waals surface area contributed by atoms with Gasteiger partial charge in [-0.2, -0.15) is 0 Å². The van der Waals surface area contributed by atoms with E-state index in [1.165, 1.54) is 0 Å². The van der Waals surface area contributed by atoms with Gasteiger partial charge in [0.1, 0.15) is 16.9 Å². The van der Waals surface area contributed by atoms with Crippen molar-refractivity contribution in [3.63, 3.8) is 0 Å². The predicted octanol–water partition coefficient (Wildman–Crippen LogP) is 3.62. The maximum atomic E-state index is 12.0. The van der Waals surface area contributed by atoms with Crippen molar-refractivity contribution in [2.45, 2.75) is 0 Å². The van der Waals surface area contributed by atoms with Crippen LogP contribution in [0.15, 0.2) is 64.8 Å². The van der Waals surface area contributed by atoms with Crippen LogP contribution in [-0.2, 0) is 0 Å². The molecule has 2 aromatic carbocycles. The van der Waals surface area contributed by atoms with Crippen molar-refractivity contribution in [2.24, 2.45) is 10.2 Å². The first-order valence-corrected chi connectivity index (χ1v) is 7.27. The van der Waals surface area contributed by atoms with Crippen LogP contribution < -0.4 is 5.73 Å². The molecule has 0 unspecified atom stereocenters. The van der Waals surface area contributed by atoms with Crippen LogP contribution in [0, 0.1) is 0 Å². The third-order valence-corrected chi connectivity index (χ3v) is 3.56. The minimum absolute atomic E-state index is 0.310. The minimum Gasteiger partial charge on any atom is -0.383 e. The number of amides is 1. The molecule has 0 aliphatic carbocycles. The summed E-state index contributed by atoms with van der Waals surface area (Å²) in [5.74, 6) is 0.208. The zero-order chi connectivity index (χ0) is 16.5. The molecule has 0 bridgehead atoms. The van der Waals surface area contributed by atoms with E-state index < -0.39 is 5.91 Å². The highest BCUT2D eigenvalue weighted by atomic mass is 16.1. The Morgan fingerprint density at radius 3 is 2.25 bits per heavy atom. The second kappa shape index (κ2) is 5.54. The number of H-pyrrole nitrogens is 1. The maximum absolute atomic E-state index is 12.0. The Balaban J connectivity index is 1.78. The van der Waals surface area contributed by atoms with Crippen molar-refractivity contribution in [1.29, 1.82) is 0 Å². The number of benzene rings is 2. The lowest BCUT2D eigenvalue weighted by molar-refractivity contribution is 0.0995. The lowest BCUT2D eigenvalue weighted by atomic mass is 10.2. The second-order valence-corrected chi connectivity index (χ2v) is 5.17. The number of hydrogen-bond acceptors (Lipinski definition) is 5. The number of nitrogens with zero attached hydrogens (tertiary/aromatic N) is 4. The van der Waals surface area contributed by atoms with Crippen LogP contribution in [0.4, 0.5) is 11.6 Å². The van der Waals surface area contributed by atoms with E-state index in [-0.39, 0.29) is 0 Å². The fourth-order valence-electron chi connectivity index (χ4n) is 2.41. The van der Waals surface area contributed by atoms with Crippen molar-refractivity contribution in [3.05, 3.63) is 60.2 Å². The first kappa shape index (κ1) is 14.0. The molecule has 0 aliphatic heterocycles. The molecule has 7 nitrogen and oxygen atoms in total. The van der Waals surface area contributed by atoms with Gasteiger partial charge in [0, 0.05) is 5.56 Å². The summed E-state index contributed by atoms with van der Waals surface area (Å²) in [6.45, 7) is 0. The normalized spacial score (nSPS) is 11.5. The van der Waals surface area contributed by atoms with E-state index in [9.17, 15) is 4.79 Å². The van der Waals surface area contributed by atoms with Crippen molar-refractivity contribution in [2.75, 3.05) is 5.73 Å². The SMILES string of the molecule is Nc1[nH]c(N=NC(=O)c2ccccc2)c2nc3ccccc3nc12. The van der Waals surface area contributed by atoms with Crippen LogP contribution in [0.3, 0.4) is 0 Å². The smallest absolute Gasteiger partial charge is 0.295 e. The number of fused-ring (bicyclic) bond motifs is 2. The number of nitrogen functional groups attached to an aromatic ring is 1. The third-order valence-electron chi connectivity index (χ3n) is 3.56. The van der Waals surface area contributed by atoms with Gasteiger partial charge in [-0.05, 0) is 24.3 Å². The van der Waals surface area contributed by atoms with Gasteiger partial charge in [-0.1, -0.05) is 30.3 Å². The van der Waals surface area contributed by atoms with Gasteiger partial charge in [-0.3, -0.25) is 4.79 Å². The molecule has 1 amide bonds. The average Bonchev–Trinajstić information content (AvgIpc) is 2.94. The first-order chi connectivity index (χ1) is 11.7. The van der Waals surface area contributed by atoms with E-state index in [0.29, 0.717) is 28.2 Å². The molecule has 24 heavy (non-hydrogen) atoms. The zero-order valence-electron chi connectivity index (χ0n) is 12.5. The maximum Gasteiger partial charge on any atom is 0.295 e. The molecule has 0 spiro atoms. The quantitative estimate of drug-likeness (QED) is 0.550. The number of hydrogen-bond donors (Lipinski definition) is 2. The van der Waals surface area contributed by atoms with Gasteiger partial charge in [0.05, 0.1) is 11.0 Å². The number of carbonyl (C=O) groups excluding carboxylic acids is 1. The lowest BCUT2D eigenvalue weighted by Crippen LogP contribution is -1.92. The molecule has 4 rings (SSSR count). The molecule has 2 aromatic heterocycles. The molecule has 0 radical (unpaired) electrons. The summed E-state index contributed by atoms with van der Waals surface area (Å²) >= 11 is 0. The van der Waals surface area contributed by atoms with Crippen LogP contribution in [0.5, 0.6) is 0 Å². The summed E-state index contributed by atoms with van der Waals surface area (Å²) in [7, 11) is 0. The van der Waals surface area contributed by atoms with E-state index in [1.54, 1.807) is 24.3 Å². The highest BCUT2D eigenvalue weighted by Crippen LogP contribution is 2.29. The average molecular weight is 316 g/mol. The van der Waals surface area contributed by atoms with Gasteiger partial charge in [-0.25, -0.2) is 9.97 Å². The number of nitrogens with one attached hydrogen (secondary N) is 1. The van der Waals surface area contributed by atoms with E-state index in [4.69, 9.17) is 5.73 Å². The van der Waals surface area contributed by atoms with Gasteiger partial charge in [0.15, 0.2) is 5.82 Å². The monoisotopic (exact) mass is 316 g/mol. The summed E-state index contributed by atoms with van der Waals surface area (Å²) in [5.41, 5.74) is 8.85. The lowest BCUT2D eigenvalue weighted by Gasteiger charge is -1.97. The Morgan fingerprint density at radius 1 is 0.917 bits per heavy atom. The van der Waals surface area contributed by atoms with Crippen molar-refractivity contribution in [3.8, 4) is 0 Å². The summed E-state index contributed by atoms with van der Waals surface area (Å²) in [5, 5.41) is 7.72. The number of carbonyl (C=O) groups is 1. The Labute approximate surface area is 136 Å². The van der Waals surface area contributed by atoms with E-state index >= 15 is 0 Å². The molecule has 116 valence electrons. The van der Waals surface area contributed by atoms with E-state index in [0.717, 1.165) is 11.0 Å². The predicted molar refractivity (Wildman–Crippen MR) is 91.1 cm³/mol. The molecule has 4 aromatic rings. The van der Waals surface area contributed by atoms with Crippen molar-refractivity contribution >= 4 is 39.6 Å². The molecule has 0 saturated carbocycles. The van der Waals surface area contributed by atoms with Crippen LogP contribution in [0.25, 0.3) is 22.1 Å². The number of aromatic nitrogens is 3. The number of nitrogens with two attached hydrogens (primary N) is 1. The molecular formula is C17H12N6O. The fourth-order valence-corrected chi connectivity index (χ4v) is 2.41. The first-order valence-electron chi connectivity index (χ1n) is 7.27. The number of para-hydroxylation sites is 2. The number of rotatable bonds is 2. The number of aromatic amines is 1. The highest BCUT2D eigenvalue weighted by Gasteiger charge is 2.13. The fraction of sp³-hybridized carbons (Fsp3) is 0. The summed E-state index contributed by atoms with van der Waals surface area (Å²) in [6.07, 6.45) is 0. The number of azo groups is 1. The molecule has 2 heterocycles. The van der Waals surface area contributed by atoms with Crippen LogP contribution in [-0.4, -0.2) is 20.9 Å². The molecule has 7 heteroatoms. The Kier molecular flexibility index (Phi) is 3.24. The number of anilines is 1. The van der Waals surface area contributed by atoms with Gasteiger partial charge in [0.2, 0.25) is 0 Å². The van der Waals surface area contributed by atoms with Gasteiger partial charge < -0.3 is 10.7 Å². The van der Waals surface area contributed by atoms with E-state index in [1.807, 2.05) is 30.3 Å². The molecule has 0 aliphatic rings. The molecular weight excluding hydrogens is 304 g/mol. The minimum atomic E-state index is -0.439. The van der Waals surface area contributed by atoms with Crippen LogP contribution in [0.2, 0.25) is 0 Å². The molecule has 0 fully saturated rings. The largest absolute Gasteiger partial charge is 0.383 e. The van der Waals surface area contributed by atoms with Crippen LogP contribution >= 0.6 is 0 Å². The molecule has 0 saturated heterocycles. The summed E-state index contributed by atoms with van der Waals surface area (Å²) in [6, 6.07) is 16.2. The van der Waals surface area contributed by atoms with Crippen molar-refractivity contribution in [1.82, 2.24) is 15.0 Å². The Hall–Kier alpha value is -3.61. The highest BCUT2D eigenvalue weighted by molar-refractivity contribution is 5.99. The Bertz CT molecular complexity index is 1080. The standard InChI is InChI=1S/C17H12N6O/c18-15-13-14(20-12-9-5-4-8-11(12)19-13)16(21-15)22-23-17(24)10-6-2-1-3-7-10/h1-9,21H,18H2. The van der Waals surface area contributed by atoms with Crippen molar-refractivity contribution < 1.29 is 4.79 Å². The molecule has 0 atom stereocenters. The van der Waals surface area contributed by atoms with Gasteiger partial charge in [-0.15, -0.1) is 10.2 Å².